The lowest BCUT2D eigenvalue weighted by molar-refractivity contribution is 0.254. The van der Waals surface area contributed by atoms with E-state index in [2.05, 4.69) is 0 Å². The van der Waals surface area contributed by atoms with Gasteiger partial charge in [0.15, 0.2) is 0 Å². The largest absolute Gasteiger partial charge is 0.356 e. The minimum absolute atomic E-state index is 0.0772. The summed E-state index contributed by atoms with van der Waals surface area (Å²) in [5.41, 5.74) is 0.495. The van der Waals surface area contributed by atoms with Crippen molar-refractivity contribution in [2.45, 2.75) is 23.2 Å². The van der Waals surface area contributed by atoms with Crippen LogP contribution in [0.15, 0.2) is 35.4 Å². The van der Waals surface area contributed by atoms with Gasteiger partial charge < -0.3 is 9.47 Å². The molecule has 0 radical (unpaired) electrons. The van der Waals surface area contributed by atoms with Gasteiger partial charge in [0.05, 0.1) is 0 Å². The molecule has 0 bridgehead atoms. The molecule has 2 nitrogen and oxygen atoms in total. The number of rotatable bonds is 4. The zero-order valence-corrected chi connectivity index (χ0v) is 14.5. The summed E-state index contributed by atoms with van der Waals surface area (Å²) in [6.45, 7) is 1.99. The van der Waals surface area contributed by atoms with Crippen molar-refractivity contribution in [3.05, 3.63) is 30.5 Å². The number of benzene rings is 1. The number of likely N-dealkylation sites (N-methyl/N-ethyl adjacent to an activating group) is 1. The van der Waals surface area contributed by atoms with Crippen LogP contribution in [0.5, 0.6) is 0 Å². The van der Waals surface area contributed by atoms with Crippen molar-refractivity contribution in [1.82, 2.24) is 9.47 Å². The van der Waals surface area contributed by atoms with Gasteiger partial charge in [0.2, 0.25) is 0 Å². The summed E-state index contributed by atoms with van der Waals surface area (Å²) in [5, 5.41) is -0.281. The zero-order valence-electron chi connectivity index (χ0n) is 13.7. The first kappa shape index (κ1) is 18.2. The van der Waals surface area contributed by atoms with Crippen molar-refractivity contribution in [3.8, 4) is 0 Å². The van der Waals surface area contributed by atoms with Gasteiger partial charge in [0.25, 0.3) is 0 Å². The van der Waals surface area contributed by atoms with E-state index in [1.165, 1.54) is 6.07 Å². The van der Waals surface area contributed by atoms with E-state index < -0.39 is 20.5 Å². The zero-order chi connectivity index (χ0) is 17.9. The third kappa shape index (κ3) is 3.38. The molecule has 0 aliphatic carbocycles. The Hall–Kier alpha value is -1.15. The first-order valence-corrected chi connectivity index (χ1v) is 9.01. The van der Waals surface area contributed by atoms with E-state index in [1.807, 2.05) is 46.2 Å². The maximum Gasteiger partial charge on any atom is 0.310 e. The number of nitrogens with zero attached hydrogens (tertiary/aromatic N) is 2. The molecule has 0 saturated carbocycles. The minimum Gasteiger partial charge on any atom is -0.356 e. The van der Waals surface area contributed by atoms with Crippen LogP contribution in [0.4, 0.5) is 19.4 Å². The van der Waals surface area contributed by atoms with Crippen LogP contribution in [-0.4, -0.2) is 45.3 Å². The molecule has 0 saturated heterocycles. The van der Waals surface area contributed by atoms with Gasteiger partial charge in [-0.15, -0.1) is 0 Å². The Balaban J connectivity index is 2.62. The number of halogens is 5. The van der Waals surface area contributed by atoms with Crippen molar-refractivity contribution in [3.63, 3.8) is 0 Å². The lowest BCUT2D eigenvalue weighted by atomic mass is 9.57. The quantitative estimate of drug-likeness (QED) is 0.607. The second-order valence-corrected chi connectivity index (χ2v) is 9.08. The molecule has 0 unspecified atom stereocenters. The molecular formula is C13H19B2F5N2S. The van der Waals surface area contributed by atoms with Crippen molar-refractivity contribution in [2.75, 3.05) is 14.1 Å². The maximum absolute atomic E-state index is 12.9. The highest BCUT2D eigenvalue weighted by atomic mass is 32.5. The molecule has 10 heteroatoms. The fourth-order valence-electron chi connectivity index (χ4n) is 2.70. The maximum atomic E-state index is 12.9. The topological polar surface area (TPSA) is 8.17 Å². The molecule has 0 fully saturated rings. The third-order valence-corrected chi connectivity index (χ3v) is 5.67. The Labute approximate surface area is 134 Å². The summed E-state index contributed by atoms with van der Waals surface area (Å²) in [6, 6.07) is 3.63. The average Bonchev–Trinajstić information content (AvgIpc) is 2.78. The SMILES string of the molecule is BC(B)([C@@H](C)N(C)C)n1ccc2cc(S(F)(F)(F)(F)F)ccc21. The van der Waals surface area contributed by atoms with E-state index in [4.69, 9.17) is 0 Å². The lowest BCUT2D eigenvalue weighted by Crippen LogP contribution is -2.51. The van der Waals surface area contributed by atoms with Crippen LogP contribution in [0, 0.1) is 0 Å². The van der Waals surface area contributed by atoms with E-state index in [-0.39, 0.29) is 11.4 Å². The molecule has 23 heavy (non-hydrogen) atoms. The van der Waals surface area contributed by atoms with Crippen molar-refractivity contribution < 1.29 is 19.4 Å². The predicted octanol–water partition coefficient (Wildman–Crippen LogP) is 3.13. The van der Waals surface area contributed by atoms with Gasteiger partial charge in [-0.25, -0.2) is 0 Å². The summed E-state index contributed by atoms with van der Waals surface area (Å²) < 4.78 is 66.5. The van der Waals surface area contributed by atoms with Crippen LogP contribution in [0.3, 0.4) is 0 Å². The highest BCUT2D eigenvalue weighted by Crippen LogP contribution is 3.02. The molecule has 0 amide bonds. The van der Waals surface area contributed by atoms with Gasteiger partial charge in [-0.1, -0.05) is 19.4 Å². The van der Waals surface area contributed by atoms with Gasteiger partial charge in [0.1, 0.15) is 20.6 Å². The fourth-order valence-corrected chi connectivity index (χ4v) is 3.37. The Kier molecular flexibility index (Phi) is 3.54. The summed E-state index contributed by atoms with van der Waals surface area (Å²) in [6.07, 6.45) is 1.64. The van der Waals surface area contributed by atoms with Crippen LogP contribution in [0.25, 0.3) is 10.9 Å². The highest BCUT2D eigenvalue weighted by molar-refractivity contribution is 8.45. The summed E-state index contributed by atoms with van der Waals surface area (Å²) in [7, 11) is -1.93. The average molecular weight is 352 g/mol. The Bertz CT molecular complexity index is 755. The smallest absolute Gasteiger partial charge is 0.310 e. The second kappa shape index (κ2) is 4.47. The van der Waals surface area contributed by atoms with Crippen LogP contribution in [-0.2, 0) is 5.34 Å². The number of hydrogen-bond donors (Lipinski definition) is 0. The summed E-state index contributed by atoms with van der Waals surface area (Å²) in [4.78, 5) is 0.142. The van der Waals surface area contributed by atoms with E-state index >= 15 is 0 Å². The van der Waals surface area contributed by atoms with Crippen molar-refractivity contribution >= 4 is 36.8 Å². The van der Waals surface area contributed by atoms with Crippen LogP contribution in [0.1, 0.15) is 6.92 Å². The molecule has 0 N–H and O–H groups in total. The summed E-state index contributed by atoms with van der Waals surface area (Å²) in [5.74, 6) is 0. The van der Waals surface area contributed by atoms with Gasteiger partial charge in [0, 0.05) is 23.1 Å². The van der Waals surface area contributed by atoms with Crippen LogP contribution < -0.4 is 0 Å². The first-order chi connectivity index (χ1) is 10.0. The highest BCUT2D eigenvalue weighted by Gasteiger charge is 2.65. The Morgan fingerprint density at radius 3 is 2.13 bits per heavy atom. The predicted molar refractivity (Wildman–Crippen MR) is 91.5 cm³/mol. The van der Waals surface area contributed by atoms with Crippen molar-refractivity contribution in [1.29, 1.82) is 0 Å². The number of hydrogen-bond acceptors (Lipinski definition) is 1. The molecule has 1 atom stereocenters. The molecule has 0 aliphatic heterocycles. The normalized spacial score (nSPS) is 18.0. The van der Waals surface area contributed by atoms with Crippen molar-refractivity contribution in [2.24, 2.45) is 0 Å². The van der Waals surface area contributed by atoms with E-state index in [1.54, 1.807) is 6.20 Å². The minimum atomic E-state index is -9.66. The summed E-state index contributed by atoms with van der Waals surface area (Å²) >= 11 is 0. The van der Waals surface area contributed by atoms with Crippen LogP contribution in [0.2, 0.25) is 0 Å². The molecule has 1 aromatic carbocycles. The fraction of sp³-hybridized carbons (Fsp3) is 0.385. The molecular weight excluding hydrogens is 333 g/mol. The monoisotopic (exact) mass is 352 g/mol. The molecule has 0 aliphatic rings. The van der Waals surface area contributed by atoms with Gasteiger partial charge in [-0.2, -0.15) is 0 Å². The number of aromatic nitrogens is 1. The van der Waals surface area contributed by atoms with Gasteiger partial charge in [-0.3, -0.25) is 0 Å². The third-order valence-electron chi connectivity index (χ3n) is 4.53. The second-order valence-electron chi connectivity index (χ2n) is 6.67. The molecule has 2 aromatic rings. The molecule has 2 rings (SSSR count). The van der Waals surface area contributed by atoms with E-state index in [9.17, 15) is 19.4 Å². The number of fused-ring (bicyclic) bond motifs is 1. The molecule has 128 valence electrons. The first-order valence-electron chi connectivity index (χ1n) is 7.06. The molecule has 1 aromatic heterocycles. The molecule has 1 heterocycles. The Morgan fingerprint density at radius 1 is 1.09 bits per heavy atom. The van der Waals surface area contributed by atoms with E-state index in [0.717, 1.165) is 6.07 Å². The van der Waals surface area contributed by atoms with Gasteiger partial charge in [-0.05, 0) is 50.6 Å². The van der Waals surface area contributed by atoms with E-state index in [0.29, 0.717) is 17.6 Å². The standard InChI is InChI=1S/C13H19B2F5N2S/c1-9(21(2)3)13(14,15)22-7-6-10-8-11(4-5-12(10)22)23(16,17,18,19)20/h4-9H,14-15H2,1-3H3/t9-/m1/s1. The lowest BCUT2D eigenvalue weighted by Gasteiger charge is -2.41. The van der Waals surface area contributed by atoms with Crippen LogP contribution >= 0.6 is 10.2 Å². The molecule has 0 spiro atoms. The Morgan fingerprint density at radius 2 is 1.65 bits per heavy atom. The van der Waals surface area contributed by atoms with Gasteiger partial charge >= 0.3 is 10.2 Å².